The maximum Gasteiger partial charge on any atom is 0.191 e. The van der Waals surface area contributed by atoms with Gasteiger partial charge in [0.1, 0.15) is 0 Å². The number of ether oxygens (including phenoxy) is 1. The zero-order chi connectivity index (χ0) is 17.0. The van der Waals surface area contributed by atoms with Crippen molar-refractivity contribution < 1.29 is 4.74 Å². The first-order valence-corrected chi connectivity index (χ1v) is 9.21. The van der Waals surface area contributed by atoms with E-state index in [-0.39, 0.29) is 0 Å². The van der Waals surface area contributed by atoms with E-state index in [9.17, 15) is 0 Å². The van der Waals surface area contributed by atoms with Gasteiger partial charge in [-0.3, -0.25) is 9.89 Å². The van der Waals surface area contributed by atoms with Crippen LogP contribution in [-0.4, -0.2) is 56.2 Å². The first-order valence-electron chi connectivity index (χ1n) is 9.21. The van der Waals surface area contributed by atoms with E-state index in [1.807, 2.05) is 18.2 Å². The quantitative estimate of drug-likeness (QED) is 0.414. The summed E-state index contributed by atoms with van der Waals surface area (Å²) in [6.45, 7) is 10.5. The van der Waals surface area contributed by atoms with Gasteiger partial charge in [0.25, 0.3) is 0 Å². The Balaban J connectivity index is 1.67. The summed E-state index contributed by atoms with van der Waals surface area (Å²) in [5.74, 6) is 0.892. The number of likely N-dealkylation sites (N-methyl/N-ethyl adjacent to an activating group) is 1. The lowest BCUT2D eigenvalue weighted by molar-refractivity contribution is 0.125. The first-order chi connectivity index (χ1) is 11.8. The molecule has 0 saturated carbocycles. The molecule has 134 valence electrons. The van der Waals surface area contributed by atoms with Gasteiger partial charge in [0, 0.05) is 19.1 Å². The Kier molecular flexibility index (Phi) is 8.63. The van der Waals surface area contributed by atoms with Crippen LogP contribution in [0.2, 0.25) is 0 Å². The molecule has 0 spiro atoms. The van der Waals surface area contributed by atoms with E-state index < -0.39 is 0 Å². The molecule has 1 saturated heterocycles. The van der Waals surface area contributed by atoms with Crippen LogP contribution in [0.4, 0.5) is 0 Å². The number of guanidine groups is 1. The highest BCUT2D eigenvalue weighted by Gasteiger charge is 2.22. The van der Waals surface area contributed by atoms with Crippen molar-refractivity contribution in [2.24, 2.45) is 4.99 Å². The van der Waals surface area contributed by atoms with E-state index >= 15 is 0 Å². The van der Waals surface area contributed by atoms with Crippen LogP contribution < -0.4 is 10.6 Å². The van der Waals surface area contributed by atoms with Gasteiger partial charge in [0.2, 0.25) is 0 Å². The molecule has 0 aliphatic carbocycles. The molecule has 1 aromatic carbocycles. The zero-order valence-electron chi connectivity index (χ0n) is 15.1. The molecular formula is C19H32N4O. The Morgan fingerprint density at radius 2 is 2.08 bits per heavy atom. The van der Waals surface area contributed by atoms with Crippen LogP contribution in [0, 0.1) is 0 Å². The second-order valence-corrected chi connectivity index (χ2v) is 6.11. The summed E-state index contributed by atoms with van der Waals surface area (Å²) >= 11 is 0. The van der Waals surface area contributed by atoms with Gasteiger partial charge in [-0.15, -0.1) is 0 Å². The number of hydrogen-bond acceptors (Lipinski definition) is 3. The fraction of sp³-hybridized carbons (Fsp3) is 0.632. The molecule has 5 heteroatoms. The lowest BCUT2D eigenvalue weighted by atomic mass is 10.2. The Morgan fingerprint density at radius 1 is 1.25 bits per heavy atom. The predicted octanol–water partition coefficient (Wildman–Crippen LogP) is 2.24. The van der Waals surface area contributed by atoms with Gasteiger partial charge in [-0.2, -0.15) is 0 Å². The monoisotopic (exact) mass is 332 g/mol. The summed E-state index contributed by atoms with van der Waals surface area (Å²) in [6, 6.07) is 10.9. The van der Waals surface area contributed by atoms with Crippen LogP contribution in [0.25, 0.3) is 0 Å². The van der Waals surface area contributed by atoms with Crippen molar-refractivity contribution in [1.82, 2.24) is 15.5 Å². The molecular weight excluding hydrogens is 300 g/mol. The average Bonchev–Trinajstić information content (AvgIpc) is 3.07. The lowest BCUT2D eigenvalue weighted by Gasteiger charge is -2.21. The number of likely N-dealkylation sites (tertiary alicyclic amines) is 1. The Labute approximate surface area is 146 Å². The molecule has 2 rings (SSSR count). The van der Waals surface area contributed by atoms with Gasteiger partial charge in [-0.25, -0.2) is 0 Å². The largest absolute Gasteiger partial charge is 0.375 e. The van der Waals surface area contributed by atoms with Gasteiger partial charge in [-0.05, 0) is 38.4 Å². The lowest BCUT2D eigenvalue weighted by Crippen LogP contribution is -2.40. The first kappa shape index (κ1) is 18.7. The molecule has 5 nitrogen and oxygen atoms in total. The number of benzene rings is 1. The highest BCUT2D eigenvalue weighted by atomic mass is 16.5. The van der Waals surface area contributed by atoms with Gasteiger partial charge < -0.3 is 15.4 Å². The molecule has 0 bridgehead atoms. The Morgan fingerprint density at radius 3 is 2.83 bits per heavy atom. The third-order valence-electron chi connectivity index (χ3n) is 4.36. The van der Waals surface area contributed by atoms with Crippen LogP contribution in [0.3, 0.4) is 0 Å². The number of hydrogen-bond donors (Lipinski definition) is 2. The third-order valence-corrected chi connectivity index (χ3v) is 4.36. The topological polar surface area (TPSA) is 48.9 Å². The maximum absolute atomic E-state index is 5.71. The van der Waals surface area contributed by atoms with Crippen molar-refractivity contribution in [3.63, 3.8) is 0 Å². The predicted molar refractivity (Wildman–Crippen MR) is 100 cm³/mol. The van der Waals surface area contributed by atoms with Gasteiger partial charge in [-0.1, -0.05) is 37.3 Å². The van der Waals surface area contributed by atoms with Gasteiger partial charge >= 0.3 is 0 Å². The van der Waals surface area contributed by atoms with Crippen molar-refractivity contribution in [3.05, 3.63) is 35.9 Å². The van der Waals surface area contributed by atoms with Crippen LogP contribution in [-0.2, 0) is 11.3 Å². The second-order valence-electron chi connectivity index (χ2n) is 6.11. The van der Waals surface area contributed by atoms with Crippen molar-refractivity contribution in [2.75, 3.05) is 39.3 Å². The van der Waals surface area contributed by atoms with Crippen molar-refractivity contribution in [3.8, 4) is 0 Å². The molecule has 0 radical (unpaired) electrons. The van der Waals surface area contributed by atoms with E-state index in [0.717, 1.165) is 32.1 Å². The Bertz CT molecular complexity index is 478. The maximum atomic E-state index is 5.71. The number of nitrogens with one attached hydrogen (secondary N) is 2. The van der Waals surface area contributed by atoms with Crippen LogP contribution in [0.15, 0.2) is 35.3 Å². The fourth-order valence-corrected chi connectivity index (χ4v) is 3.06. The highest BCUT2D eigenvalue weighted by molar-refractivity contribution is 5.79. The van der Waals surface area contributed by atoms with Crippen LogP contribution in [0.5, 0.6) is 0 Å². The molecule has 24 heavy (non-hydrogen) atoms. The average molecular weight is 332 g/mol. The molecule has 1 fully saturated rings. The molecule has 0 aromatic heterocycles. The minimum absolute atomic E-state index is 0.597. The molecule has 1 aliphatic rings. The summed E-state index contributed by atoms with van der Waals surface area (Å²) in [6.07, 6.45) is 2.56. The summed E-state index contributed by atoms with van der Waals surface area (Å²) in [7, 11) is 0. The highest BCUT2D eigenvalue weighted by Crippen LogP contribution is 2.16. The van der Waals surface area contributed by atoms with Crippen molar-refractivity contribution in [1.29, 1.82) is 0 Å². The molecule has 2 N–H and O–H groups in total. The summed E-state index contributed by atoms with van der Waals surface area (Å²) in [5, 5.41) is 6.67. The number of aliphatic imine (C=N–C) groups is 1. The second kappa shape index (κ2) is 11.0. The van der Waals surface area contributed by atoms with Gasteiger partial charge in [0.05, 0.1) is 19.8 Å². The van der Waals surface area contributed by atoms with Crippen LogP contribution in [0.1, 0.15) is 32.3 Å². The normalized spacial score (nSPS) is 18.8. The molecule has 1 aliphatic heterocycles. The summed E-state index contributed by atoms with van der Waals surface area (Å²) in [5.41, 5.74) is 1.21. The van der Waals surface area contributed by atoms with E-state index in [4.69, 9.17) is 9.73 Å². The van der Waals surface area contributed by atoms with Crippen LogP contribution >= 0.6 is 0 Å². The van der Waals surface area contributed by atoms with E-state index in [2.05, 4.69) is 41.5 Å². The van der Waals surface area contributed by atoms with Gasteiger partial charge in [0.15, 0.2) is 5.96 Å². The molecule has 1 heterocycles. The smallest absolute Gasteiger partial charge is 0.191 e. The molecule has 1 aromatic rings. The third kappa shape index (κ3) is 6.49. The van der Waals surface area contributed by atoms with E-state index in [1.165, 1.54) is 24.9 Å². The minimum atomic E-state index is 0.597. The summed E-state index contributed by atoms with van der Waals surface area (Å²) in [4.78, 5) is 7.27. The van der Waals surface area contributed by atoms with Crippen molar-refractivity contribution >= 4 is 5.96 Å². The zero-order valence-corrected chi connectivity index (χ0v) is 15.1. The fourth-order valence-electron chi connectivity index (χ4n) is 3.06. The van der Waals surface area contributed by atoms with E-state index in [0.29, 0.717) is 19.3 Å². The molecule has 1 atom stereocenters. The molecule has 0 amide bonds. The van der Waals surface area contributed by atoms with Crippen molar-refractivity contribution in [2.45, 2.75) is 39.3 Å². The SMILES string of the molecule is CCNC(=NCC1CCCN1CC)NCCOCc1ccccc1. The Hall–Kier alpha value is -1.59. The van der Waals surface area contributed by atoms with E-state index in [1.54, 1.807) is 0 Å². The molecule has 1 unspecified atom stereocenters. The standard InChI is InChI=1S/C19H32N4O/c1-3-20-19(22-15-18-11-8-13-23(18)4-2)21-12-14-24-16-17-9-6-5-7-10-17/h5-7,9-10,18H,3-4,8,11-16H2,1-2H3,(H2,20,21,22). The summed E-state index contributed by atoms with van der Waals surface area (Å²) < 4.78 is 5.71. The minimum Gasteiger partial charge on any atom is -0.375 e. The number of nitrogens with zero attached hydrogens (tertiary/aromatic N) is 2. The number of rotatable bonds is 9.